The zero-order valence-corrected chi connectivity index (χ0v) is 17.1. The number of para-hydroxylation sites is 1. The molecular weight excluding hydrogens is 396 g/mol. The molecule has 1 saturated carbocycles. The van der Waals surface area contributed by atoms with Crippen molar-refractivity contribution in [2.24, 2.45) is 5.92 Å². The van der Waals surface area contributed by atoms with Crippen LogP contribution < -0.4 is 10.1 Å². The van der Waals surface area contributed by atoms with Crippen LogP contribution in [-0.4, -0.2) is 49.6 Å². The highest BCUT2D eigenvalue weighted by Crippen LogP contribution is 2.33. The molecule has 0 atom stereocenters. The molecule has 0 radical (unpaired) electrons. The standard InChI is InChI=1S/C24H24N2O5/c27-23(17-7-9-18(10-8-17)30-15-16-5-6-16)25-21-19-3-1-2-4-20(19)31-22(21)24(28)26-11-13-29-14-12-26/h1-4,7-10,16H,5-6,11-15H2,(H,25,27). The molecule has 1 N–H and O–H groups in total. The fourth-order valence-electron chi connectivity index (χ4n) is 3.62. The first-order valence-corrected chi connectivity index (χ1v) is 10.6. The topological polar surface area (TPSA) is 81.0 Å². The summed E-state index contributed by atoms with van der Waals surface area (Å²) in [5.74, 6) is 0.996. The van der Waals surface area contributed by atoms with Crippen LogP contribution in [0.1, 0.15) is 33.8 Å². The molecule has 31 heavy (non-hydrogen) atoms. The summed E-state index contributed by atoms with van der Waals surface area (Å²) in [7, 11) is 0. The lowest BCUT2D eigenvalue weighted by atomic mass is 10.1. The van der Waals surface area contributed by atoms with Gasteiger partial charge in [-0.1, -0.05) is 12.1 Å². The second kappa shape index (κ2) is 8.43. The molecule has 7 heteroatoms. The van der Waals surface area contributed by atoms with Crippen molar-refractivity contribution < 1.29 is 23.5 Å². The molecule has 0 unspecified atom stereocenters. The molecule has 5 rings (SSSR count). The van der Waals surface area contributed by atoms with Crippen molar-refractivity contribution in [3.8, 4) is 5.75 Å². The number of rotatable bonds is 6. The van der Waals surface area contributed by atoms with Crippen LogP contribution in [0.2, 0.25) is 0 Å². The van der Waals surface area contributed by atoms with Gasteiger partial charge in [0, 0.05) is 24.0 Å². The monoisotopic (exact) mass is 420 g/mol. The Labute approximate surface area is 179 Å². The second-order valence-electron chi connectivity index (χ2n) is 7.94. The van der Waals surface area contributed by atoms with Gasteiger partial charge < -0.3 is 24.1 Å². The summed E-state index contributed by atoms with van der Waals surface area (Å²) in [6.45, 7) is 2.68. The lowest BCUT2D eigenvalue weighted by Crippen LogP contribution is -2.40. The van der Waals surface area contributed by atoms with Gasteiger partial charge in [-0.25, -0.2) is 0 Å². The molecule has 3 aromatic rings. The maximum Gasteiger partial charge on any atom is 0.291 e. The van der Waals surface area contributed by atoms with E-state index in [1.165, 1.54) is 12.8 Å². The van der Waals surface area contributed by atoms with E-state index in [9.17, 15) is 9.59 Å². The fourth-order valence-corrected chi connectivity index (χ4v) is 3.62. The number of hydrogen-bond acceptors (Lipinski definition) is 5. The first-order valence-electron chi connectivity index (χ1n) is 10.6. The van der Waals surface area contributed by atoms with Gasteiger partial charge in [0.2, 0.25) is 5.76 Å². The molecule has 2 fully saturated rings. The molecule has 1 aromatic heterocycles. The van der Waals surface area contributed by atoms with Gasteiger partial charge in [-0.15, -0.1) is 0 Å². The highest BCUT2D eigenvalue weighted by atomic mass is 16.5. The van der Waals surface area contributed by atoms with Crippen LogP contribution in [0, 0.1) is 5.92 Å². The Hall–Kier alpha value is -3.32. The van der Waals surface area contributed by atoms with Crippen molar-refractivity contribution >= 4 is 28.5 Å². The van der Waals surface area contributed by atoms with Gasteiger partial charge in [0.25, 0.3) is 11.8 Å². The number of benzene rings is 2. The van der Waals surface area contributed by atoms with E-state index >= 15 is 0 Å². The van der Waals surface area contributed by atoms with Gasteiger partial charge >= 0.3 is 0 Å². The highest BCUT2D eigenvalue weighted by molar-refractivity contribution is 6.14. The number of morpholine rings is 1. The third-order valence-corrected chi connectivity index (χ3v) is 5.63. The van der Waals surface area contributed by atoms with Crippen molar-refractivity contribution in [2.75, 3.05) is 38.2 Å². The Morgan fingerprint density at radius 3 is 2.52 bits per heavy atom. The predicted octanol–water partition coefficient (Wildman–Crippen LogP) is 3.95. The molecule has 1 saturated heterocycles. The van der Waals surface area contributed by atoms with Gasteiger partial charge in [-0.2, -0.15) is 0 Å². The summed E-state index contributed by atoms with van der Waals surface area (Å²) in [4.78, 5) is 27.7. The summed E-state index contributed by atoms with van der Waals surface area (Å²) >= 11 is 0. The largest absolute Gasteiger partial charge is 0.493 e. The van der Waals surface area contributed by atoms with E-state index in [1.807, 2.05) is 18.2 Å². The molecule has 0 bridgehead atoms. The van der Waals surface area contributed by atoms with Crippen LogP contribution >= 0.6 is 0 Å². The SMILES string of the molecule is O=C(Nc1c(C(=O)N2CCOCC2)oc2ccccc12)c1ccc(OCC2CC2)cc1. The molecule has 2 aliphatic rings. The minimum absolute atomic E-state index is 0.140. The zero-order valence-electron chi connectivity index (χ0n) is 17.1. The van der Waals surface area contributed by atoms with Gasteiger partial charge in [0.1, 0.15) is 17.0 Å². The number of hydrogen-bond donors (Lipinski definition) is 1. The predicted molar refractivity (Wildman–Crippen MR) is 116 cm³/mol. The lowest BCUT2D eigenvalue weighted by Gasteiger charge is -2.26. The van der Waals surface area contributed by atoms with Crippen molar-refractivity contribution in [3.63, 3.8) is 0 Å². The minimum Gasteiger partial charge on any atom is -0.493 e. The maximum atomic E-state index is 13.1. The van der Waals surface area contributed by atoms with Crippen molar-refractivity contribution in [1.82, 2.24) is 4.90 Å². The molecule has 160 valence electrons. The van der Waals surface area contributed by atoms with Crippen molar-refractivity contribution in [3.05, 3.63) is 59.9 Å². The number of carbonyl (C=O) groups excluding carboxylic acids is 2. The van der Waals surface area contributed by atoms with E-state index in [0.29, 0.717) is 54.4 Å². The van der Waals surface area contributed by atoms with E-state index in [2.05, 4.69) is 5.32 Å². The Morgan fingerprint density at radius 2 is 1.77 bits per heavy atom. The van der Waals surface area contributed by atoms with E-state index < -0.39 is 0 Å². The van der Waals surface area contributed by atoms with E-state index in [-0.39, 0.29) is 17.6 Å². The fraction of sp³-hybridized carbons (Fsp3) is 0.333. The van der Waals surface area contributed by atoms with Gasteiger partial charge in [0.15, 0.2) is 0 Å². The Bertz CT molecular complexity index is 1090. The lowest BCUT2D eigenvalue weighted by molar-refractivity contribution is 0.0285. The molecule has 0 spiro atoms. The third-order valence-electron chi connectivity index (χ3n) is 5.63. The molecule has 2 aromatic carbocycles. The normalized spacial score (nSPS) is 16.3. The number of nitrogens with one attached hydrogen (secondary N) is 1. The van der Waals surface area contributed by atoms with E-state index in [1.54, 1.807) is 35.2 Å². The number of anilines is 1. The molecule has 7 nitrogen and oxygen atoms in total. The molecule has 2 heterocycles. The van der Waals surface area contributed by atoms with Gasteiger partial charge in [-0.3, -0.25) is 9.59 Å². The van der Waals surface area contributed by atoms with Crippen LogP contribution in [0.25, 0.3) is 11.0 Å². The quantitative estimate of drug-likeness (QED) is 0.653. The number of furan rings is 1. The third kappa shape index (κ3) is 4.27. The first-order chi connectivity index (χ1) is 15.2. The smallest absolute Gasteiger partial charge is 0.291 e. The van der Waals surface area contributed by atoms with Crippen LogP contribution in [0.3, 0.4) is 0 Å². The minimum atomic E-state index is -0.309. The Balaban J connectivity index is 1.38. The second-order valence-corrected chi connectivity index (χ2v) is 7.94. The Morgan fingerprint density at radius 1 is 1.03 bits per heavy atom. The van der Waals surface area contributed by atoms with Crippen LogP contribution in [0.5, 0.6) is 5.75 Å². The summed E-state index contributed by atoms with van der Waals surface area (Å²) < 4.78 is 16.9. The summed E-state index contributed by atoms with van der Waals surface area (Å²) in [5, 5.41) is 3.59. The Kier molecular flexibility index (Phi) is 5.34. The van der Waals surface area contributed by atoms with Gasteiger partial charge in [0.05, 0.1) is 19.8 Å². The number of fused-ring (bicyclic) bond motifs is 1. The van der Waals surface area contributed by atoms with Crippen LogP contribution in [0.15, 0.2) is 52.9 Å². The summed E-state index contributed by atoms with van der Waals surface area (Å²) in [5.41, 5.74) is 1.43. The van der Waals surface area contributed by atoms with Crippen molar-refractivity contribution in [2.45, 2.75) is 12.8 Å². The van der Waals surface area contributed by atoms with Crippen LogP contribution in [0.4, 0.5) is 5.69 Å². The van der Waals surface area contributed by atoms with Crippen molar-refractivity contribution in [1.29, 1.82) is 0 Å². The molecule has 1 aliphatic carbocycles. The molecular formula is C24H24N2O5. The zero-order chi connectivity index (χ0) is 21.2. The maximum absolute atomic E-state index is 13.1. The highest BCUT2D eigenvalue weighted by Gasteiger charge is 2.28. The molecule has 1 aliphatic heterocycles. The van der Waals surface area contributed by atoms with E-state index in [4.69, 9.17) is 13.9 Å². The summed E-state index contributed by atoms with van der Waals surface area (Å²) in [6, 6.07) is 14.3. The number of ether oxygens (including phenoxy) is 2. The molecule has 2 amide bonds. The summed E-state index contributed by atoms with van der Waals surface area (Å²) in [6.07, 6.45) is 2.45. The average Bonchev–Trinajstić information content (AvgIpc) is 3.59. The average molecular weight is 420 g/mol. The number of amides is 2. The van der Waals surface area contributed by atoms with Gasteiger partial charge in [-0.05, 0) is 55.2 Å². The number of nitrogens with zero attached hydrogens (tertiary/aromatic N) is 1. The number of carbonyl (C=O) groups is 2. The van der Waals surface area contributed by atoms with Crippen LogP contribution in [-0.2, 0) is 4.74 Å². The van der Waals surface area contributed by atoms with E-state index in [0.717, 1.165) is 12.4 Å². The first kappa shape index (κ1) is 19.6.